The van der Waals surface area contributed by atoms with Crippen LogP contribution in [0.2, 0.25) is 0 Å². The summed E-state index contributed by atoms with van der Waals surface area (Å²) in [6.07, 6.45) is 5.39. The van der Waals surface area contributed by atoms with E-state index in [1.807, 2.05) is 12.1 Å². The molecule has 0 amide bonds. The fraction of sp³-hybridized carbons (Fsp3) is 0.417. The minimum atomic E-state index is 0.548. The lowest BCUT2D eigenvalue weighted by atomic mass is 10.1. The highest BCUT2D eigenvalue weighted by atomic mass is 16.6. The Bertz CT molecular complexity index is 329. The molecular formula is C12H14NO. The summed E-state index contributed by atoms with van der Waals surface area (Å²) in [5.41, 5.74) is 2.43. The molecule has 1 saturated carbocycles. The maximum absolute atomic E-state index is 5.17. The number of aryl methyl sites for hydroxylation is 1. The maximum atomic E-state index is 5.17. The van der Waals surface area contributed by atoms with Gasteiger partial charge >= 0.3 is 0 Å². The van der Waals surface area contributed by atoms with Crippen molar-refractivity contribution < 1.29 is 4.84 Å². The highest BCUT2D eigenvalue weighted by Gasteiger charge is 2.19. The molecule has 0 heterocycles. The van der Waals surface area contributed by atoms with E-state index in [1.165, 1.54) is 24.0 Å². The van der Waals surface area contributed by atoms with E-state index in [0.29, 0.717) is 12.5 Å². The summed E-state index contributed by atoms with van der Waals surface area (Å²) in [5, 5.41) is 3.82. The standard InChI is InChI=1S/C12H14NO/c1-10-4-2-3-5-12(10)9-14-13-8-11-6-7-11/h2-5,11H,6-7,9H2,1H3. The first-order chi connectivity index (χ1) is 6.86. The van der Waals surface area contributed by atoms with E-state index in [4.69, 9.17) is 4.84 Å². The van der Waals surface area contributed by atoms with Crippen LogP contribution in [0.15, 0.2) is 29.4 Å². The lowest BCUT2D eigenvalue weighted by Gasteiger charge is -2.02. The first kappa shape index (κ1) is 9.25. The number of rotatable bonds is 4. The van der Waals surface area contributed by atoms with E-state index in [1.54, 1.807) is 0 Å². The molecule has 0 saturated heterocycles. The molecule has 1 fully saturated rings. The average Bonchev–Trinajstić information content (AvgIpc) is 2.99. The van der Waals surface area contributed by atoms with E-state index in [0.717, 1.165) is 0 Å². The van der Waals surface area contributed by atoms with Crippen LogP contribution in [0, 0.1) is 12.8 Å². The third-order valence-electron chi connectivity index (χ3n) is 2.36. The van der Waals surface area contributed by atoms with Crippen LogP contribution in [0.25, 0.3) is 0 Å². The first-order valence-corrected chi connectivity index (χ1v) is 4.98. The van der Waals surface area contributed by atoms with Gasteiger partial charge in [-0.2, -0.15) is 0 Å². The van der Waals surface area contributed by atoms with Crippen LogP contribution < -0.4 is 0 Å². The maximum Gasteiger partial charge on any atom is 0.142 e. The Kier molecular flexibility index (Phi) is 2.82. The predicted octanol–water partition coefficient (Wildman–Crippen LogP) is 2.78. The van der Waals surface area contributed by atoms with Crippen LogP contribution >= 0.6 is 0 Å². The van der Waals surface area contributed by atoms with Crippen LogP contribution in [0.1, 0.15) is 24.0 Å². The molecule has 0 N–H and O–H groups in total. The summed E-state index contributed by atoms with van der Waals surface area (Å²) in [7, 11) is 0. The first-order valence-electron chi connectivity index (χ1n) is 4.98. The average molecular weight is 188 g/mol. The zero-order chi connectivity index (χ0) is 9.80. The lowest BCUT2D eigenvalue weighted by Crippen LogP contribution is -1.90. The second-order valence-corrected chi connectivity index (χ2v) is 3.69. The summed E-state index contributed by atoms with van der Waals surface area (Å²) < 4.78 is 0. The van der Waals surface area contributed by atoms with Crippen LogP contribution in [-0.4, -0.2) is 6.21 Å². The Labute approximate surface area is 84.6 Å². The fourth-order valence-corrected chi connectivity index (χ4v) is 1.20. The van der Waals surface area contributed by atoms with Gasteiger partial charge in [0.1, 0.15) is 12.8 Å². The summed E-state index contributed by atoms with van der Waals surface area (Å²) in [6.45, 7) is 2.62. The van der Waals surface area contributed by atoms with E-state index in [2.05, 4.69) is 30.4 Å². The van der Waals surface area contributed by atoms with Crippen molar-refractivity contribution >= 4 is 6.21 Å². The quantitative estimate of drug-likeness (QED) is 0.526. The SMILES string of the molecule is Cc1ccccc1CO/N=[C]\C1CC1. The van der Waals surface area contributed by atoms with Gasteiger partial charge in [0.25, 0.3) is 0 Å². The molecule has 2 heteroatoms. The largest absolute Gasteiger partial charge is 0.391 e. The molecule has 0 aromatic heterocycles. The molecule has 0 aliphatic heterocycles. The van der Waals surface area contributed by atoms with Gasteiger partial charge in [-0.1, -0.05) is 29.4 Å². The summed E-state index contributed by atoms with van der Waals surface area (Å²) >= 11 is 0. The monoisotopic (exact) mass is 188 g/mol. The van der Waals surface area contributed by atoms with Gasteiger partial charge < -0.3 is 4.84 Å². The van der Waals surface area contributed by atoms with Crippen LogP contribution in [0.5, 0.6) is 0 Å². The minimum Gasteiger partial charge on any atom is -0.391 e. The number of hydrogen-bond donors (Lipinski definition) is 0. The molecule has 1 aliphatic rings. The van der Waals surface area contributed by atoms with Crippen molar-refractivity contribution in [1.82, 2.24) is 0 Å². The van der Waals surface area contributed by atoms with Crippen molar-refractivity contribution in [3.63, 3.8) is 0 Å². The summed E-state index contributed by atoms with van der Waals surface area (Å²) in [4.78, 5) is 5.17. The van der Waals surface area contributed by atoms with Crippen molar-refractivity contribution in [2.24, 2.45) is 11.1 Å². The second-order valence-electron chi connectivity index (χ2n) is 3.69. The van der Waals surface area contributed by atoms with Gasteiger partial charge in [0.2, 0.25) is 0 Å². The molecule has 0 atom stereocenters. The highest BCUT2D eigenvalue weighted by Crippen LogP contribution is 2.26. The Morgan fingerprint density at radius 2 is 2.21 bits per heavy atom. The molecule has 14 heavy (non-hydrogen) atoms. The van der Waals surface area contributed by atoms with Crippen molar-refractivity contribution in [3.8, 4) is 0 Å². The van der Waals surface area contributed by atoms with Crippen molar-refractivity contribution in [2.75, 3.05) is 0 Å². The fourth-order valence-electron chi connectivity index (χ4n) is 1.20. The molecule has 1 aromatic rings. The Morgan fingerprint density at radius 1 is 1.43 bits per heavy atom. The molecule has 0 unspecified atom stereocenters. The van der Waals surface area contributed by atoms with Crippen LogP contribution in [-0.2, 0) is 11.4 Å². The zero-order valence-electron chi connectivity index (χ0n) is 8.36. The summed E-state index contributed by atoms with van der Waals surface area (Å²) in [5.74, 6) is 0.562. The number of nitrogens with zero attached hydrogens (tertiary/aromatic N) is 1. The normalized spacial score (nSPS) is 16.1. The molecule has 0 bridgehead atoms. The molecule has 1 aromatic carbocycles. The highest BCUT2D eigenvalue weighted by molar-refractivity contribution is 5.62. The van der Waals surface area contributed by atoms with Gasteiger partial charge in [-0.05, 0) is 30.9 Å². The van der Waals surface area contributed by atoms with Crippen molar-refractivity contribution in [2.45, 2.75) is 26.4 Å². The van der Waals surface area contributed by atoms with Gasteiger partial charge in [-0.15, -0.1) is 0 Å². The minimum absolute atomic E-state index is 0.548. The molecular weight excluding hydrogens is 174 g/mol. The smallest absolute Gasteiger partial charge is 0.142 e. The van der Waals surface area contributed by atoms with E-state index < -0.39 is 0 Å². The summed E-state index contributed by atoms with van der Waals surface area (Å²) in [6, 6.07) is 8.17. The number of benzene rings is 1. The van der Waals surface area contributed by atoms with Crippen LogP contribution in [0.4, 0.5) is 0 Å². The Hall–Kier alpha value is -1.31. The van der Waals surface area contributed by atoms with Gasteiger partial charge in [-0.3, -0.25) is 0 Å². The van der Waals surface area contributed by atoms with Crippen LogP contribution in [0.3, 0.4) is 0 Å². The van der Waals surface area contributed by atoms with Crippen molar-refractivity contribution in [1.29, 1.82) is 0 Å². The van der Waals surface area contributed by atoms with E-state index >= 15 is 0 Å². The molecule has 73 valence electrons. The van der Waals surface area contributed by atoms with Gasteiger partial charge in [0.15, 0.2) is 0 Å². The Morgan fingerprint density at radius 3 is 2.93 bits per heavy atom. The molecule has 2 nitrogen and oxygen atoms in total. The third kappa shape index (κ3) is 2.59. The lowest BCUT2D eigenvalue weighted by molar-refractivity contribution is 0.131. The zero-order valence-corrected chi connectivity index (χ0v) is 8.36. The topological polar surface area (TPSA) is 21.6 Å². The van der Waals surface area contributed by atoms with Gasteiger partial charge in [0.05, 0.1) is 0 Å². The predicted molar refractivity (Wildman–Crippen MR) is 56.1 cm³/mol. The second kappa shape index (κ2) is 4.27. The molecule has 0 spiro atoms. The van der Waals surface area contributed by atoms with E-state index in [-0.39, 0.29) is 0 Å². The molecule has 2 rings (SSSR count). The Balaban J connectivity index is 1.82. The van der Waals surface area contributed by atoms with Crippen molar-refractivity contribution in [3.05, 3.63) is 35.4 Å². The van der Waals surface area contributed by atoms with E-state index in [9.17, 15) is 0 Å². The third-order valence-corrected chi connectivity index (χ3v) is 2.36. The van der Waals surface area contributed by atoms with Gasteiger partial charge in [-0.25, -0.2) is 0 Å². The van der Waals surface area contributed by atoms with Gasteiger partial charge in [0, 0.05) is 5.92 Å². The molecule has 1 aliphatic carbocycles. The molecule has 1 radical (unpaired) electrons. The number of hydrogen-bond acceptors (Lipinski definition) is 2.